The smallest absolute Gasteiger partial charge is 0.200 e. The number of benzene rings is 2. The summed E-state index contributed by atoms with van der Waals surface area (Å²) in [5, 5.41) is 0.395. The Labute approximate surface area is 157 Å². The Hall–Kier alpha value is -3.15. The Bertz CT molecular complexity index is 1040. The lowest BCUT2D eigenvalue weighted by Gasteiger charge is -2.15. The third kappa shape index (κ3) is 3.18. The minimum Gasteiger partial charge on any atom is -0.497 e. The van der Waals surface area contributed by atoms with Crippen LogP contribution in [0.2, 0.25) is 0 Å². The molecule has 0 aliphatic carbocycles. The summed E-state index contributed by atoms with van der Waals surface area (Å²) in [6.07, 6.45) is 0.498. The molecule has 0 saturated heterocycles. The molecule has 0 aliphatic heterocycles. The van der Waals surface area contributed by atoms with Crippen molar-refractivity contribution in [2.24, 2.45) is 0 Å². The summed E-state index contributed by atoms with van der Waals surface area (Å²) >= 11 is 0. The van der Waals surface area contributed by atoms with Gasteiger partial charge in [0.1, 0.15) is 39.7 Å². The van der Waals surface area contributed by atoms with Gasteiger partial charge in [-0.25, -0.2) is 0 Å². The Balaban J connectivity index is 2.39. The molecule has 2 aromatic carbocycles. The van der Waals surface area contributed by atoms with Gasteiger partial charge in [-0.3, -0.25) is 4.79 Å². The van der Waals surface area contributed by atoms with Crippen LogP contribution in [0.4, 0.5) is 0 Å². The van der Waals surface area contributed by atoms with Gasteiger partial charge in [0.15, 0.2) is 5.43 Å². The van der Waals surface area contributed by atoms with E-state index in [-0.39, 0.29) is 5.43 Å². The Morgan fingerprint density at radius 2 is 1.52 bits per heavy atom. The molecule has 0 bridgehead atoms. The number of methoxy groups -OCH3 is 4. The highest BCUT2D eigenvalue weighted by Crippen LogP contribution is 2.38. The van der Waals surface area contributed by atoms with Crippen molar-refractivity contribution < 1.29 is 23.4 Å². The van der Waals surface area contributed by atoms with Gasteiger partial charge in [0.25, 0.3) is 0 Å². The molecule has 0 N–H and O–H groups in total. The molecule has 0 amide bonds. The van der Waals surface area contributed by atoms with E-state index in [2.05, 4.69) is 0 Å². The first-order valence-electron chi connectivity index (χ1n) is 8.52. The van der Waals surface area contributed by atoms with Gasteiger partial charge in [-0.15, -0.1) is 0 Å². The van der Waals surface area contributed by atoms with Gasteiger partial charge >= 0.3 is 0 Å². The Kier molecular flexibility index (Phi) is 5.26. The molecule has 3 rings (SSSR count). The number of ether oxygens (including phenoxy) is 4. The van der Waals surface area contributed by atoms with E-state index in [9.17, 15) is 4.79 Å². The minimum absolute atomic E-state index is 0.133. The molecule has 0 fully saturated rings. The molecule has 0 unspecified atom stereocenters. The van der Waals surface area contributed by atoms with Crippen molar-refractivity contribution in [1.29, 1.82) is 0 Å². The van der Waals surface area contributed by atoms with Crippen LogP contribution in [0.1, 0.15) is 12.5 Å². The largest absolute Gasteiger partial charge is 0.497 e. The first kappa shape index (κ1) is 18.6. The predicted molar refractivity (Wildman–Crippen MR) is 104 cm³/mol. The van der Waals surface area contributed by atoms with Gasteiger partial charge in [0, 0.05) is 23.8 Å². The fourth-order valence-corrected chi connectivity index (χ4v) is 3.10. The summed E-state index contributed by atoms with van der Waals surface area (Å²) in [4.78, 5) is 13.2. The molecule has 0 spiro atoms. The number of rotatable bonds is 6. The van der Waals surface area contributed by atoms with Crippen LogP contribution < -0.4 is 24.4 Å². The van der Waals surface area contributed by atoms with Crippen LogP contribution in [-0.4, -0.2) is 28.4 Å². The van der Waals surface area contributed by atoms with Crippen LogP contribution in [0.3, 0.4) is 0 Å². The van der Waals surface area contributed by atoms with Crippen molar-refractivity contribution in [2.75, 3.05) is 28.4 Å². The molecule has 142 valence electrons. The maximum absolute atomic E-state index is 13.2. The Morgan fingerprint density at radius 3 is 2.11 bits per heavy atom. The zero-order chi connectivity index (χ0) is 19.6. The Morgan fingerprint density at radius 1 is 0.852 bits per heavy atom. The second-order valence-corrected chi connectivity index (χ2v) is 5.86. The molecule has 0 radical (unpaired) electrons. The summed E-state index contributed by atoms with van der Waals surface area (Å²) in [7, 11) is 6.21. The number of hydrogen-bond acceptors (Lipinski definition) is 6. The zero-order valence-electron chi connectivity index (χ0n) is 16.0. The first-order chi connectivity index (χ1) is 13.1. The monoisotopic (exact) mass is 370 g/mol. The van der Waals surface area contributed by atoms with E-state index >= 15 is 0 Å². The molecule has 1 aromatic heterocycles. The average molecular weight is 370 g/mol. The van der Waals surface area contributed by atoms with Gasteiger partial charge in [-0.05, 0) is 18.6 Å². The lowest BCUT2D eigenvalue weighted by molar-refractivity contribution is 0.394. The predicted octanol–water partition coefficient (Wildman–Crippen LogP) is 4.06. The highest BCUT2D eigenvalue weighted by atomic mass is 16.5. The molecular formula is C21H22O6. The molecule has 0 atom stereocenters. The average Bonchev–Trinajstić information content (AvgIpc) is 2.71. The van der Waals surface area contributed by atoms with Crippen LogP contribution in [0.25, 0.3) is 22.3 Å². The van der Waals surface area contributed by atoms with Gasteiger partial charge in [-0.2, -0.15) is 0 Å². The van der Waals surface area contributed by atoms with Gasteiger partial charge < -0.3 is 23.4 Å². The second-order valence-electron chi connectivity index (χ2n) is 5.86. The van der Waals surface area contributed by atoms with Crippen molar-refractivity contribution in [3.8, 4) is 34.3 Å². The van der Waals surface area contributed by atoms with Gasteiger partial charge in [-0.1, -0.05) is 6.92 Å². The molecule has 1 heterocycles. The second kappa shape index (κ2) is 7.61. The molecular weight excluding hydrogens is 348 g/mol. The van der Waals surface area contributed by atoms with Crippen LogP contribution in [0, 0.1) is 0 Å². The van der Waals surface area contributed by atoms with Crippen LogP contribution in [0.15, 0.2) is 39.5 Å². The third-order valence-electron chi connectivity index (χ3n) is 4.49. The van der Waals surface area contributed by atoms with Crippen molar-refractivity contribution in [3.05, 3.63) is 46.1 Å². The normalized spacial score (nSPS) is 10.7. The van der Waals surface area contributed by atoms with Crippen molar-refractivity contribution in [2.45, 2.75) is 13.3 Å². The standard InChI is InChI=1S/C21H22O6/c1-6-14-20(22)19-17(26-5)10-13(24-3)11-18(19)27-21(14)15-8-7-12(23-2)9-16(15)25-4/h7-11H,6H2,1-5H3. The molecule has 0 aliphatic rings. The SMILES string of the molecule is CCc1c(-c2ccc(OC)cc2OC)oc2cc(OC)cc(OC)c2c1=O. The lowest BCUT2D eigenvalue weighted by Crippen LogP contribution is -2.12. The third-order valence-corrected chi connectivity index (χ3v) is 4.49. The van der Waals surface area contributed by atoms with Gasteiger partial charge in [0.2, 0.25) is 0 Å². The van der Waals surface area contributed by atoms with E-state index in [1.165, 1.54) is 7.11 Å². The van der Waals surface area contributed by atoms with E-state index in [1.807, 2.05) is 13.0 Å². The summed E-state index contributed by atoms with van der Waals surface area (Å²) in [6, 6.07) is 8.72. The van der Waals surface area contributed by atoms with Gasteiger partial charge in [0.05, 0.1) is 34.0 Å². The minimum atomic E-state index is -0.133. The number of fused-ring (bicyclic) bond motifs is 1. The zero-order valence-corrected chi connectivity index (χ0v) is 16.0. The molecule has 3 aromatic rings. The van der Waals surface area contributed by atoms with Crippen molar-refractivity contribution in [3.63, 3.8) is 0 Å². The fourth-order valence-electron chi connectivity index (χ4n) is 3.10. The van der Waals surface area contributed by atoms with E-state index in [0.29, 0.717) is 57.3 Å². The topological polar surface area (TPSA) is 67.1 Å². The summed E-state index contributed by atoms with van der Waals surface area (Å²) < 4.78 is 27.6. The van der Waals surface area contributed by atoms with E-state index in [0.717, 1.165) is 0 Å². The summed E-state index contributed by atoms with van der Waals surface area (Å²) in [5.41, 5.74) is 1.48. The van der Waals surface area contributed by atoms with E-state index in [1.54, 1.807) is 45.6 Å². The van der Waals surface area contributed by atoms with Crippen LogP contribution in [-0.2, 0) is 6.42 Å². The summed E-state index contributed by atoms with van der Waals surface area (Å²) in [6.45, 7) is 1.91. The lowest BCUT2D eigenvalue weighted by atomic mass is 10.0. The molecule has 6 heteroatoms. The first-order valence-corrected chi connectivity index (χ1v) is 8.52. The maximum Gasteiger partial charge on any atom is 0.200 e. The highest BCUT2D eigenvalue weighted by molar-refractivity contribution is 5.88. The van der Waals surface area contributed by atoms with E-state index in [4.69, 9.17) is 23.4 Å². The quantitative estimate of drug-likeness (QED) is 0.652. The van der Waals surface area contributed by atoms with Crippen LogP contribution >= 0.6 is 0 Å². The van der Waals surface area contributed by atoms with Crippen molar-refractivity contribution >= 4 is 11.0 Å². The molecule has 6 nitrogen and oxygen atoms in total. The summed E-state index contributed by atoms with van der Waals surface area (Å²) in [5.74, 6) is 2.63. The number of hydrogen-bond donors (Lipinski definition) is 0. The highest BCUT2D eigenvalue weighted by Gasteiger charge is 2.21. The maximum atomic E-state index is 13.2. The van der Waals surface area contributed by atoms with Crippen LogP contribution in [0.5, 0.6) is 23.0 Å². The molecule has 27 heavy (non-hydrogen) atoms. The molecule has 0 saturated carbocycles. The van der Waals surface area contributed by atoms with Crippen molar-refractivity contribution in [1.82, 2.24) is 0 Å². The fraction of sp³-hybridized carbons (Fsp3) is 0.286. The van der Waals surface area contributed by atoms with E-state index < -0.39 is 0 Å².